The Bertz CT molecular complexity index is 742. The third-order valence-electron chi connectivity index (χ3n) is 2.92. The van der Waals surface area contributed by atoms with E-state index in [-0.39, 0.29) is 5.56 Å². The highest BCUT2D eigenvalue weighted by atomic mass is 16.5. The lowest BCUT2D eigenvalue weighted by Gasteiger charge is -2.13. The van der Waals surface area contributed by atoms with Crippen molar-refractivity contribution in [1.29, 1.82) is 5.26 Å². The van der Waals surface area contributed by atoms with Crippen molar-refractivity contribution in [1.82, 2.24) is 9.78 Å². The van der Waals surface area contributed by atoms with Crippen LogP contribution in [0.4, 0.5) is 0 Å². The molecule has 1 aromatic carbocycles. The Kier molecular flexibility index (Phi) is 4.39. The molecule has 0 unspecified atom stereocenters. The first-order valence-corrected chi connectivity index (χ1v) is 6.73. The van der Waals surface area contributed by atoms with Gasteiger partial charge in [0, 0.05) is 12.6 Å². The fraction of sp³-hybridized carbons (Fsp3) is 0.312. The summed E-state index contributed by atoms with van der Waals surface area (Å²) in [5, 5.41) is 13.2. The van der Waals surface area contributed by atoms with E-state index in [9.17, 15) is 4.79 Å². The second kappa shape index (κ2) is 6.23. The van der Waals surface area contributed by atoms with Crippen LogP contribution >= 0.6 is 0 Å². The summed E-state index contributed by atoms with van der Waals surface area (Å²) in [5.41, 5.74) is 0.987. The summed E-state index contributed by atoms with van der Waals surface area (Å²) in [6.07, 6.45) is 0. The summed E-state index contributed by atoms with van der Waals surface area (Å²) >= 11 is 0. The molecule has 1 heterocycles. The van der Waals surface area contributed by atoms with Crippen LogP contribution in [0.1, 0.15) is 19.4 Å². The first kappa shape index (κ1) is 14.8. The number of rotatable bonds is 4. The van der Waals surface area contributed by atoms with Crippen molar-refractivity contribution in [3.05, 3.63) is 46.2 Å². The zero-order valence-corrected chi connectivity index (χ0v) is 12.3. The van der Waals surface area contributed by atoms with Crippen LogP contribution in [0.2, 0.25) is 0 Å². The molecule has 0 spiro atoms. The zero-order valence-electron chi connectivity index (χ0n) is 12.3. The number of hydrogen-bond acceptors (Lipinski definition) is 4. The van der Waals surface area contributed by atoms with Gasteiger partial charge < -0.3 is 4.74 Å². The number of nitriles is 1. The Morgan fingerprint density at radius 2 is 2.10 bits per heavy atom. The summed E-state index contributed by atoms with van der Waals surface area (Å²) in [4.78, 5) is 11.7. The molecular weight excluding hydrogens is 266 g/mol. The predicted molar refractivity (Wildman–Crippen MR) is 80.0 cm³/mol. The summed E-state index contributed by atoms with van der Waals surface area (Å²) in [7, 11) is 1.53. The molecule has 0 saturated carbocycles. The van der Waals surface area contributed by atoms with E-state index >= 15 is 0 Å². The highest BCUT2D eigenvalue weighted by Gasteiger charge is 2.12. The molecule has 0 bridgehead atoms. The van der Waals surface area contributed by atoms with Gasteiger partial charge in [0.05, 0.1) is 12.3 Å². The lowest BCUT2D eigenvalue weighted by atomic mass is 10.1. The molecule has 0 aliphatic rings. The summed E-state index contributed by atoms with van der Waals surface area (Å²) < 4.78 is 6.96. The Morgan fingerprint density at radius 3 is 2.76 bits per heavy atom. The third-order valence-corrected chi connectivity index (χ3v) is 2.92. The van der Waals surface area contributed by atoms with Crippen LogP contribution in [0.3, 0.4) is 0 Å². The van der Waals surface area contributed by atoms with Crippen molar-refractivity contribution in [2.75, 3.05) is 6.61 Å². The van der Waals surface area contributed by atoms with Crippen LogP contribution < -0.4 is 10.3 Å². The molecule has 0 N–H and O–H groups in total. The van der Waals surface area contributed by atoms with Crippen molar-refractivity contribution < 1.29 is 4.74 Å². The van der Waals surface area contributed by atoms with Gasteiger partial charge in [0.2, 0.25) is 0 Å². The smallest absolute Gasteiger partial charge is 0.284 e. The van der Waals surface area contributed by atoms with Gasteiger partial charge in [-0.3, -0.25) is 4.79 Å². The molecule has 0 atom stereocenters. The van der Waals surface area contributed by atoms with E-state index in [4.69, 9.17) is 10.00 Å². The van der Waals surface area contributed by atoms with E-state index in [1.807, 2.05) is 30.3 Å². The van der Waals surface area contributed by atoms with Crippen molar-refractivity contribution in [2.45, 2.75) is 13.8 Å². The van der Waals surface area contributed by atoms with Crippen molar-refractivity contribution >= 4 is 0 Å². The minimum Gasteiger partial charge on any atom is -0.493 e. The average Bonchev–Trinajstić information content (AvgIpc) is 2.48. The fourth-order valence-electron chi connectivity index (χ4n) is 1.88. The van der Waals surface area contributed by atoms with Gasteiger partial charge in [-0.2, -0.15) is 10.4 Å². The molecule has 0 aliphatic heterocycles. The van der Waals surface area contributed by atoms with E-state index < -0.39 is 5.56 Å². The number of aryl methyl sites for hydroxylation is 1. The largest absolute Gasteiger partial charge is 0.493 e. The second-order valence-corrected chi connectivity index (χ2v) is 5.18. The molecule has 0 radical (unpaired) electrons. The summed E-state index contributed by atoms with van der Waals surface area (Å²) in [5.74, 6) is 1.10. The normalized spacial score (nSPS) is 10.4. The maximum Gasteiger partial charge on any atom is 0.284 e. The zero-order chi connectivity index (χ0) is 15.4. The number of benzene rings is 1. The Morgan fingerprint density at radius 1 is 1.38 bits per heavy atom. The average molecular weight is 283 g/mol. The van der Waals surface area contributed by atoms with Gasteiger partial charge in [-0.1, -0.05) is 26.0 Å². The molecule has 108 valence electrons. The quantitative estimate of drug-likeness (QED) is 0.863. The topological polar surface area (TPSA) is 67.9 Å². The van der Waals surface area contributed by atoms with Crippen molar-refractivity contribution in [3.8, 4) is 23.1 Å². The van der Waals surface area contributed by atoms with Crippen molar-refractivity contribution in [3.63, 3.8) is 0 Å². The van der Waals surface area contributed by atoms with E-state index in [0.29, 0.717) is 24.0 Å². The molecule has 5 nitrogen and oxygen atoms in total. The molecule has 0 amide bonds. The third kappa shape index (κ3) is 3.29. The molecule has 0 aliphatic carbocycles. The van der Waals surface area contributed by atoms with Crippen LogP contribution in [-0.4, -0.2) is 16.4 Å². The lowest BCUT2D eigenvalue weighted by molar-refractivity contribution is 0.272. The number of para-hydroxylation sites is 1. The van der Waals surface area contributed by atoms with Gasteiger partial charge in [-0.05, 0) is 24.1 Å². The molecular formula is C16H17N3O2. The Balaban J connectivity index is 2.50. The molecule has 5 heteroatoms. The number of ether oxygens (including phenoxy) is 1. The lowest BCUT2D eigenvalue weighted by Crippen LogP contribution is -2.22. The van der Waals surface area contributed by atoms with Gasteiger partial charge in [0.15, 0.2) is 0 Å². The Hall–Kier alpha value is -2.61. The van der Waals surface area contributed by atoms with Crippen LogP contribution in [0.25, 0.3) is 11.3 Å². The first-order valence-electron chi connectivity index (χ1n) is 6.73. The molecule has 2 aromatic rings. The van der Waals surface area contributed by atoms with Crippen LogP contribution in [0.15, 0.2) is 35.1 Å². The standard InChI is InChI=1S/C16H17N3O2/c1-11(2)10-21-15-7-5-4-6-13(15)14-8-12(9-17)16(20)19(3)18-14/h4-8,11H,10H2,1-3H3. The molecule has 1 aromatic heterocycles. The second-order valence-electron chi connectivity index (χ2n) is 5.18. The number of nitrogens with zero attached hydrogens (tertiary/aromatic N) is 3. The molecule has 2 rings (SSSR count). The maximum absolute atomic E-state index is 11.7. The number of hydrogen-bond donors (Lipinski definition) is 0. The monoisotopic (exact) mass is 283 g/mol. The molecule has 0 saturated heterocycles. The van der Waals surface area contributed by atoms with E-state index in [2.05, 4.69) is 18.9 Å². The van der Waals surface area contributed by atoms with E-state index in [1.165, 1.54) is 17.8 Å². The minimum absolute atomic E-state index is 0.0705. The number of aromatic nitrogens is 2. The maximum atomic E-state index is 11.7. The summed E-state index contributed by atoms with van der Waals surface area (Å²) in [6, 6.07) is 10.9. The van der Waals surface area contributed by atoms with Crippen molar-refractivity contribution in [2.24, 2.45) is 13.0 Å². The minimum atomic E-state index is -0.401. The SMILES string of the molecule is CC(C)COc1ccccc1-c1cc(C#N)c(=O)n(C)n1. The van der Waals surface area contributed by atoms with Crippen LogP contribution in [0, 0.1) is 17.2 Å². The van der Waals surface area contributed by atoms with E-state index in [1.54, 1.807) is 0 Å². The Labute approximate surface area is 123 Å². The molecule has 0 fully saturated rings. The first-order chi connectivity index (χ1) is 10.0. The van der Waals surface area contributed by atoms with Gasteiger partial charge in [0.25, 0.3) is 5.56 Å². The van der Waals surface area contributed by atoms with E-state index in [0.717, 1.165) is 5.56 Å². The summed E-state index contributed by atoms with van der Waals surface area (Å²) in [6.45, 7) is 4.73. The van der Waals surface area contributed by atoms with Crippen LogP contribution in [-0.2, 0) is 7.05 Å². The van der Waals surface area contributed by atoms with Gasteiger partial charge in [-0.25, -0.2) is 4.68 Å². The van der Waals surface area contributed by atoms with Gasteiger partial charge in [-0.15, -0.1) is 0 Å². The van der Waals surface area contributed by atoms with Gasteiger partial charge >= 0.3 is 0 Å². The fourth-order valence-corrected chi connectivity index (χ4v) is 1.88. The molecule has 21 heavy (non-hydrogen) atoms. The highest BCUT2D eigenvalue weighted by Crippen LogP contribution is 2.28. The van der Waals surface area contributed by atoms with Gasteiger partial charge in [0.1, 0.15) is 17.4 Å². The highest BCUT2D eigenvalue weighted by molar-refractivity contribution is 5.67. The predicted octanol–water partition coefficient (Wildman–Crippen LogP) is 2.35. The van der Waals surface area contributed by atoms with Crippen LogP contribution in [0.5, 0.6) is 5.75 Å².